The van der Waals surface area contributed by atoms with Gasteiger partial charge in [-0.05, 0) is 13.0 Å². The Morgan fingerprint density at radius 1 is 1.45 bits per heavy atom. The number of aliphatic hydroxyl groups is 1. The van der Waals surface area contributed by atoms with E-state index >= 15 is 0 Å². The second kappa shape index (κ2) is 5.46. The van der Waals surface area contributed by atoms with Crippen molar-refractivity contribution < 1.29 is 14.2 Å². The SMILES string of the molecule is Cn1cc([C@@H]2OC[C@@H](O)[C@H]2[C@](C)(N)c2ccccc2F)cn1. The quantitative estimate of drug-likeness (QED) is 0.901. The van der Waals surface area contributed by atoms with Crippen LogP contribution >= 0.6 is 0 Å². The highest BCUT2D eigenvalue weighted by atomic mass is 19.1. The first-order chi connectivity index (χ1) is 10.4. The van der Waals surface area contributed by atoms with Crippen molar-refractivity contribution in [3.63, 3.8) is 0 Å². The molecule has 2 aromatic rings. The lowest BCUT2D eigenvalue weighted by Gasteiger charge is -2.36. The molecule has 3 N–H and O–H groups in total. The summed E-state index contributed by atoms with van der Waals surface area (Å²) in [5.41, 5.74) is 6.60. The van der Waals surface area contributed by atoms with E-state index in [1.165, 1.54) is 6.07 Å². The van der Waals surface area contributed by atoms with Gasteiger partial charge in [-0.15, -0.1) is 0 Å². The standard InChI is InChI=1S/C16H20FN3O2/c1-16(18,11-5-3-4-6-12(11)17)14-13(21)9-22-15(14)10-7-19-20(2)8-10/h3-8,13-15,21H,9,18H2,1-2H3/t13-,14-,15+,16-/m1/s1. The fourth-order valence-electron chi connectivity index (χ4n) is 3.29. The van der Waals surface area contributed by atoms with E-state index in [4.69, 9.17) is 10.5 Å². The largest absolute Gasteiger partial charge is 0.390 e. The minimum absolute atomic E-state index is 0.172. The number of nitrogens with zero attached hydrogens (tertiary/aromatic N) is 2. The molecule has 5 nitrogen and oxygen atoms in total. The van der Waals surface area contributed by atoms with Gasteiger partial charge in [0.1, 0.15) is 5.82 Å². The predicted molar refractivity (Wildman–Crippen MR) is 79.3 cm³/mol. The summed E-state index contributed by atoms with van der Waals surface area (Å²) < 4.78 is 21.6. The molecule has 1 aromatic carbocycles. The number of nitrogens with two attached hydrogens (primary N) is 1. The summed E-state index contributed by atoms with van der Waals surface area (Å²) in [5, 5.41) is 14.5. The third kappa shape index (κ3) is 2.43. The van der Waals surface area contributed by atoms with Crippen LogP contribution in [-0.2, 0) is 17.3 Å². The molecule has 22 heavy (non-hydrogen) atoms. The number of halogens is 1. The van der Waals surface area contributed by atoms with E-state index in [0.29, 0.717) is 5.56 Å². The van der Waals surface area contributed by atoms with Gasteiger partial charge in [0.15, 0.2) is 0 Å². The second-order valence-electron chi connectivity index (χ2n) is 6.06. The van der Waals surface area contributed by atoms with Crippen LogP contribution in [0.3, 0.4) is 0 Å². The second-order valence-corrected chi connectivity index (χ2v) is 6.06. The van der Waals surface area contributed by atoms with E-state index in [1.54, 1.807) is 36.0 Å². The number of ether oxygens (including phenoxy) is 1. The van der Waals surface area contributed by atoms with Crippen LogP contribution in [0, 0.1) is 11.7 Å². The van der Waals surface area contributed by atoms with Crippen molar-refractivity contribution in [2.24, 2.45) is 18.7 Å². The van der Waals surface area contributed by atoms with E-state index in [0.717, 1.165) is 5.56 Å². The molecule has 6 heteroatoms. The van der Waals surface area contributed by atoms with Crippen molar-refractivity contribution in [1.82, 2.24) is 9.78 Å². The number of aryl methyl sites for hydroxylation is 1. The lowest BCUT2D eigenvalue weighted by molar-refractivity contribution is 0.0654. The summed E-state index contributed by atoms with van der Waals surface area (Å²) in [6.45, 7) is 1.91. The summed E-state index contributed by atoms with van der Waals surface area (Å²) in [4.78, 5) is 0. The van der Waals surface area contributed by atoms with Gasteiger partial charge in [-0.3, -0.25) is 4.68 Å². The van der Waals surface area contributed by atoms with Crippen LogP contribution in [0.2, 0.25) is 0 Å². The molecule has 1 aliphatic heterocycles. The number of aliphatic hydroxyl groups excluding tert-OH is 1. The molecule has 0 unspecified atom stereocenters. The molecule has 0 saturated carbocycles. The first-order valence-corrected chi connectivity index (χ1v) is 7.23. The smallest absolute Gasteiger partial charge is 0.128 e. The number of benzene rings is 1. The maximum Gasteiger partial charge on any atom is 0.128 e. The topological polar surface area (TPSA) is 73.3 Å². The molecule has 1 aliphatic rings. The number of aromatic nitrogens is 2. The average molecular weight is 305 g/mol. The Balaban J connectivity index is 2.01. The van der Waals surface area contributed by atoms with E-state index in [2.05, 4.69) is 5.10 Å². The summed E-state index contributed by atoms with van der Waals surface area (Å²) >= 11 is 0. The lowest BCUT2D eigenvalue weighted by atomic mass is 9.74. The van der Waals surface area contributed by atoms with E-state index in [9.17, 15) is 9.50 Å². The maximum atomic E-state index is 14.2. The molecule has 1 saturated heterocycles. The molecule has 0 spiro atoms. The molecule has 4 atom stereocenters. The van der Waals surface area contributed by atoms with Crippen molar-refractivity contribution in [2.45, 2.75) is 24.7 Å². The van der Waals surface area contributed by atoms with Gasteiger partial charge in [-0.1, -0.05) is 18.2 Å². The Labute approximate surface area is 128 Å². The van der Waals surface area contributed by atoms with Crippen LogP contribution in [0.25, 0.3) is 0 Å². The summed E-state index contributed by atoms with van der Waals surface area (Å²) in [5.74, 6) is -0.842. The van der Waals surface area contributed by atoms with Gasteiger partial charge in [0.2, 0.25) is 0 Å². The zero-order valence-corrected chi connectivity index (χ0v) is 12.6. The van der Waals surface area contributed by atoms with Gasteiger partial charge < -0.3 is 15.6 Å². The minimum atomic E-state index is -1.07. The average Bonchev–Trinajstić information content (AvgIpc) is 3.05. The highest BCUT2D eigenvalue weighted by molar-refractivity contribution is 5.29. The van der Waals surface area contributed by atoms with Crippen molar-refractivity contribution in [3.05, 3.63) is 53.6 Å². The third-order valence-electron chi connectivity index (χ3n) is 4.39. The number of hydrogen-bond acceptors (Lipinski definition) is 4. The highest BCUT2D eigenvalue weighted by Crippen LogP contribution is 2.44. The fourth-order valence-corrected chi connectivity index (χ4v) is 3.29. The summed E-state index contributed by atoms with van der Waals surface area (Å²) in [6.07, 6.45) is 2.33. The van der Waals surface area contributed by atoms with Crippen LogP contribution < -0.4 is 5.73 Å². The first kappa shape index (κ1) is 15.1. The van der Waals surface area contributed by atoms with Crippen LogP contribution in [0.15, 0.2) is 36.7 Å². The molecule has 2 heterocycles. The molecule has 0 radical (unpaired) electrons. The van der Waals surface area contributed by atoms with Gasteiger partial charge in [0.05, 0.1) is 25.0 Å². The molecule has 118 valence electrons. The normalized spacial score (nSPS) is 27.8. The number of rotatable bonds is 3. The zero-order valence-electron chi connectivity index (χ0n) is 12.6. The van der Waals surface area contributed by atoms with Gasteiger partial charge in [-0.2, -0.15) is 5.10 Å². The van der Waals surface area contributed by atoms with Crippen molar-refractivity contribution in [2.75, 3.05) is 6.61 Å². The number of hydrogen-bond donors (Lipinski definition) is 2. The Kier molecular flexibility index (Phi) is 3.76. The summed E-state index contributed by atoms with van der Waals surface area (Å²) in [7, 11) is 1.81. The predicted octanol–water partition coefficient (Wildman–Crippen LogP) is 1.48. The van der Waals surface area contributed by atoms with Crippen molar-refractivity contribution in [3.8, 4) is 0 Å². The monoisotopic (exact) mass is 305 g/mol. The fraction of sp³-hybridized carbons (Fsp3) is 0.438. The molecule has 0 amide bonds. The molecule has 1 fully saturated rings. The third-order valence-corrected chi connectivity index (χ3v) is 4.39. The van der Waals surface area contributed by atoms with Crippen LogP contribution in [0.4, 0.5) is 4.39 Å². The van der Waals surface area contributed by atoms with Crippen molar-refractivity contribution >= 4 is 0 Å². The molecule has 1 aromatic heterocycles. The first-order valence-electron chi connectivity index (χ1n) is 7.23. The molecule has 0 aliphatic carbocycles. The van der Waals surface area contributed by atoms with E-state index in [-0.39, 0.29) is 12.4 Å². The maximum absolute atomic E-state index is 14.2. The van der Waals surface area contributed by atoms with Gasteiger partial charge >= 0.3 is 0 Å². The van der Waals surface area contributed by atoms with E-state index < -0.39 is 23.7 Å². The van der Waals surface area contributed by atoms with Gasteiger partial charge in [0.25, 0.3) is 0 Å². The van der Waals surface area contributed by atoms with Gasteiger partial charge in [-0.25, -0.2) is 4.39 Å². The highest BCUT2D eigenvalue weighted by Gasteiger charge is 2.48. The Hall–Kier alpha value is -1.76. The van der Waals surface area contributed by atoms with Crippen molar-refractivity contribution in [1.29, 1.82) is 0 Å². The summed E-state index contributed by atoms with van der Waals surface area (Å²) in [6, 6.07) is 6.39. The minimum Gasteiger partial charge on any atom is -0.390 e. The Bertz CT molecular complexity index is 671. The molecule has 3 rings (SSSR count). The lowest BCUT2D eigenvalue weighted by Crippen LogP contribution is -2.47. The molecular weight excluding hydrogens is 285 g/mol. The van der Waals surface area contributed by atoms with E-state index in [1.807, 2.05) is 13.2 Å². The Morgan fingerprint density at radius 2 is 2.18 bits per heavy atom. The molecule has 0 bridgehead atoms. The van der Waals surface area contributed by atoms with Crippen LogP contribution in [0.1, 0.15) is 24.2 Å². The van der Waals surface area contributed by atoms with Crippen LogP contribution in [0.5, 0.6) is 0 Å². The zero-order chi connectivity index (χ0) is 15.9. The van der Waals surface area contributed by atoms with Gasteiger partial charge in [0, 0.05) is 35.8 Å². The van der Waals surface area contributed by atoms with Crippen LogP contribution in [-0.4, -0.2) is 27.6 Å². The Morgan fingerprint density at radius 3 is 2.82 bits per heavy atom. The molecular formula is C16H20FN3O2.